The summed E-state index contributed by atoms with van der Waals surface area (Å²) in [6, 6.07) is 4.43. The number of ether oxygens (including phenoxy) is 1. The number of hydrogen-bond acceptors (Lipinski definition) is 6. The fourth-order valence-corrected chi connectivity index (χ4v) is 3.23. The highest BCUT2D eigenvalue weighted by Crippen LogP contribution is 2.28. The first-order valence-corrected chi connectivity index (χ1v) is 9.35. The van der Waals surface area contributed by atoms with Crippen LogP contribution in [0.2, 0.25) is 0 Å². The second-order valence-electron chi connectivity index (χ2n) is 6.64. The van der Waals surface area contributed by atoms with Crippen molar-refractivity contribution in [3.63, 3.8) is 0 Å². The first kappa shape index (κ1) is 21.2. The van der Waals surface area contributed by atoms with E-state index in [1.54, 1.807) is 12.1 Å². The van der Waals surface area contributed by atoms with Crippen LogP contribution in [0.4, 0.5) is 29.3 Å². The monoisotopic (exact) mass is 416 g/mol. The van der Waals surface area contributed by atoms with Crippen molar-refractivity contribution in [1.82, 2.24) is 10.4 Å². The third-order valence-electron chi connectivity index (χ3n) is 4.77. The zero-order valence-corrected chi connectivity index (χ0v) is 15.9. The summed E-state index contributed by atoms with van der Waals surface area (Å²) in [4.78, 5) is 31.6. The Hall–Kier alpha value is -2.53. The average Bonchev–Trinajstić information content (AvgIpc) is 2.91. The van der Waals surface area contributed by atoms with Crippen LogP contribution in [0.15, 0.2) is 18.2 Å². The molecule has 160 valence electrons. The molecule has 1 atom stereocenters. The summed E-state index contributed by atoms with van der Waals surface area (Å²) in [5.74, 6) is -1.92. The van der Waals surface area contributed by atoms with E-state index in [1.165, 1.54) is 11.0 Å². The molecule has 2 fully saturated rings. The number of carbonyl (C=O) groups is 2. The van der Waals surface area contributed by atoms with Gasteiger partial charge in [-0.3, -0.25) is 14.5 Å². The Morgan fingerprint density at radius 3 is 2.79 bits per heavy atom. The minimum absolute atomic E-state index is 0.0180. The second-order valence-corrected chi connectivity index (χ2v) is 6.64. The standard InChI is InChI=1S/C18H23F3N4O4/c1-2-24-6-5-23(7-8-28-24)15-4-3-12(9-14(15)19)25-11-13(29-18(25)27)10-22-17(26)16(20)21/h3-4,9,13,16H,2,5-8,10-11H2,1H3,(H,22,26)/t13-/m0/s1. The molecular formula is C18H23F3N4O4. The summed E-state index contributed by atoms with van der Waals surface area (Å²) in [7, 11) is 0. The average molecular weight is 416 g/mol. The number of benzene rings is 1. The topological polar surface area (TPSA) is 74.4 Å². The minimum Gasteiger partial charge on any atom is -0.442 e. The number of amides is 2. The van der Waals surface area contributed by atoms with Gasteiger partial charge in [-0.15, -0.1) is 0 Å². The molecule has 2 heterocycles. The van der Waals surface area contributed by atoms with Crippen molar-refractivity contribution in [2.75, 3.05) is 55.7 Å². The van der Waals surface area contributed by atoms with Crippen LogP contribution >= 0.6 is 0 Å². The summed E-state index contributed by atoms with van der Waals surface area (Å²) >= 11 is 0. The lowest BCUT2D eigenvalue weighted by Crippen LogP contribution is -2.37. The highest BCUT2D eigenvalue weighted by molar-refractivity contribution is 5.90. The predicted octanol–water partition coefficient (Wildman–Crippen LogP) is 1.61. The summed E-state index contributed by atoms with van der Waals surface area (Å²) < 4.78 is 44.3. The Bertz CT molecular complexity index is 752. The van der Waals surface area contributed by atoms with Crippen molar-refractivity contribution in [2.45, 2.75) is 19.5 Å². The molecule has 2 aliphatic heterocycles. The number of anilines is 2. The molecule has 1 N–H and O–H groups in total. The van der Waals surface area contributed by atoms with E-state index >= 15 is 0 Å². The van der Waals surface area contributed by atoms with Crippen LogP contribution in [0.25, 0.3) is 0 Å². The molecule has 0 aromatic heterocycles. The third-order valence-corrected chi connectivity index (χ3v) is 4.77. The van der Waals surface area contributed by atoms with Gasteiger partial charge in [-0.2, -0.15) is 13.8 Å². The fourth-order valence-electron chi connectivity index (χ4n) is 3.23. The number of carbonyl (C=O) groups excluding carboxylic acids is 2. The van der Waals surface area contributed by atoms with E-state index in [-0.39, 0.29) is 13.1 Å². The van der Waals surface area contributed by atoms with Crippen molar-refractivity contribution in [3.8, 4) is 0 Å². The second kappa shape index (κ2) is 9.31. The van der Waals surface area contributed by atoms with Crippen LogP contribution in [0.3, 0.4) is 0 Å². The zero-order valence-electron chi connectivity index (χ0n) is 15.9. The van der Waals surface area contributed by atoms with Gasteiger partial charge in [0.05, 0.1) is 31.1 Å². The van der Waals surface area contributed by atoms with Crippen LogP contribution < -0.4 is 15.1 Å². The molecule has 1 aromatic rings. The molecule has 3 rings (SSSR count). The van der Waals surface area contributed by atoms with Gasteiger partial charge in [0.1, 0.15) is 11.9 Å². The number of hydrogen-bond donors (Lipinski definition) is 1. The molecule has 2 amide bonds. The first-order chi connectivity index (χ1) is 13.9. The lowest BCUT2D eigenvalue weighted by atomic mass is 10.2. The molecule has 2 saturated heterocycles. The van der Waals surface area contributed by atoms with Crippen LogP contribution in [-0.2, 0) is 14.4 Å². The molecule has 0 spiro atoms. The molecule has 11 heteroatoms. The van der Waals surface area contributed by atoms with Crippen molar-refractivity contribution < 1.29 is 32.3 Å². The van der Waals surface area contributed by atoms with E-state index in [2.05, 4.69) is 0 Å². The Labute approximate surface area is 166 Å². The number of alkyl halides is 2. The normalized spacial score (nSPS) is 20.7. The van der Waals surface area contributed by atoms with Gasteiger partial charge in [0, 0.05) is 26.2 Å². The predicted molar refractivity (Wildman–Crippen MR) is 98.4 cm³/mol. The van der Waals surface area contributed by atoms with Gasteiger partial charge >= 0.3 is 12.5 Å². The number of nitrogens with zero attached hydrogens (tertiary/aromatic N) is 3. The lowest BCUT2D eigenvalue weighted by molar-refractivity contribution is -0.143. The van der Waals surface area contributed by atoms with Crippen molar-refractivity contribution >= 4 is 23.4 Å². The maximum absolute atomic E-state index is 14.8. The number of halogens is 3. The Morgan fingerprint density at radius 1 is 1.31 bits per heavy atom. The third kappa shape index (κ3) is 5.10. The molecular weight excluding hydrogens is 393 g/mol. The van der Waals surface area contributed by atoms with Crippen LogP contribution in [0.1, 0.15) is 6.92 Å². The first-order valence-electron chi connectivity index (χ1n) is 9.35. The van der Waals surface area contributed by atoms with Crippen LogP contribution in [0.5, 0.6) is 0 Å². The maximum Gasteiger partial charge on any atom is 0.414 e. The smallest absolute Gasteiger partial charge is 0.414 e. The molecule has 0 radical (unpaired) electrons. The van der Waals surface area contributed by atoms with Gasteiger partial charge in [0.2, 0.25) is 0 Å². The van der Waals surface area contributed by atoms with Crippen molar-refractivity contribution in [1.29, 1.82) is 0 Å². The number of cyclic esters (lactones) is 1. The molecule has 29 heavy (non-hydrogen) atoms. The van der Waals surface area contributed by atoms with E-state index in [1.807, 2.05) is 22.2 Å². The highest BCUT2D eigenvalue weighted by atomic mass is 19.3. The summed E-state index contributed by atoms with van der Waals surface area (Å²) in [6.45, 7) is 4.71. The maximum atomic E-state index is 14.8. The van der Waals surface area contributed by atoms with Gasteiger partial charge in [-0.25, -0.2) is 9.18 Å². The van der Waals surface area contributed by atoms with E-state index in [0.29, 0.717) is 37.6 Å². The van der Waals surface area contributed by atoms with Crippen molar-refractivity contribution in [2.24, 2.45) is 0 Å². The fraction of sp³-hybridized carbons (Fsp3) is 0.556. The van der Waals surface area contributed by atoms with Crippen LogP contribution in [-0.4, -0.2) is 75.5 Å². The number of nitrogens with one attached hydrogen (secondary N) is 1. The molecule has 8 nitrogen and oxygen atoms in total. The molecule has 0 unspecified atom stereocenters. The SMILES string of the molecule is CCN1CCN(c2ccc(N3C[C@H](CNC(=O)C(F)F)OC3=O)cc2F)CCO1. The quantitative estimate of drug-likeness (QED) is 0.760. The van der Waals surface area contributed by atoms with Gasteiger partial charge in [-0.1, -0.05) is 6.92 Å². The lowest BCUT2D eigenvalue weighted by Gasteiger charge is -2.23. The van der Waals surface area contributed by atoms with Gasteiger partial charge in [0.25, 0.3) is 5.91 Å². The van der Waals surface area contributed by atoms with Gasteiger partial charge in [0.15, 0.2) is 0 Å². The van der Waals surface area contributed by atoms with Crippen molar-refractivity contribution in [3.05, 3.63) is 24.0 Å². The molecule has 0 aliphatic carbocycles. The number of likely N-dealkylation sites (N-methyl/N-ethyl adjacent to an activating group) is 1. The van der Waals surface area contributed by atoms with Gasteiger partial charge < -0.3 is 15.0 Å². The van der Waals surface area contributed by atoms with E-state index in [0.717, 1.165) is 6.54 Å². The molecule has 0 bridgehead atoms. The van der Waals surface area contributed by atoms with E-state index < -0.39 is 30.3 Å². The number of hydroxylamine groups is 2. The summed E-state index contributed by atoms with van der Waals surface area (Å²) in [5, 5.41) is 3.82. The minimum atomic E-state index is -3.14. The summed E-state index contributed by atoms with van der Waals surface area (Å²) in [6.07, 6.45) is -4.66. The molecule has 2 aliphatic rings. The summed E-state index contributed by atoms with van der Waals surface area (Å²) in [5.41, 5.74) is 0.698. The Kier molecular flexibility index (Phi) is 6.80. The highest BCUT2D eigenvalue weighted by Gasteiger charge is 2.33. The van der Waals surface area contributed by atoms with Gasteiger partial charge in [-0.05, 0) is 18.2 Å². The Morgan fingerprint density at radius 2 is 2.10 bits per heavy atom. The zero-order chi connectivity index (χ0) is 21.0. The van der Waals surface area contributed by atoms with E-state index in [9.17, 15) is 22.8 Å². The molecule has 1 aromatic carbocycles. The largest absolute Gasteiger partial charge is 0.442 e. The molecule has 0 saturated carbocycles. The Balaban J connectivity index is 1.64. The number of rotatable bonds is 6. The van der Waals surface area contributed by atoms with Crippen LogP contribution in [0, 0.1) is 5.82 Å². The van der Waals surface area contributed by atoms with E-state index in [4.69, 9.17) is 9.57 Å².